The maximum absolute atomic E-state index is 8.89. The minimum absolute atomic E-state index is 0.00385. The van der Waals surface area contributed by atoms with Crippen LogP contribution in [0.5, 0.6) is 34.5 Å². The maximum Gasteiger partial charge on any atom is 0.203 e. The molecule has 52 heavy (non-hydrogen) atoms. The van der Waals surface area contributed by atoms with Crippen molar-refractivity contribution in [2.45, 2.75) is 25.7 Å². The number of ether oxygens (including phenoxy) is 12. The van der Waals surface area contributed by atoms with Crippen molar-refractivity contribution in [3.63, 3.8) is 0 Å². The smallest absolute Gasteiger partial charge is 0.203 e. The molecular weight excluding hydrogens is 680 g/mol. The largest absolute Gasteiger partial charge is 0.493 e. The summed E-state index contributed by atoms with van der Waals surface area (Å²) in [5.41, 5.74) is 2.06. The lowest BCUT2D eigenvalue weighted by molar-refractivity contribution is -0.00431. The number of aliphatic hydroxyl groups is 2. The predicted octanol–water partition coefficient (Wildman–Crippen LogP) is 3.62. The first kappa shape index (κ1) is 45.1. The molecule has 2 rings (SSSR count). The number of benzene rings is 2. The van der Waals surface area contributed by atoms with Crippen molar-refractivity contribution < 1.29 is 67.1 Å². The van der Waals surface area contributed by atoms with Gasteiger partial charge in [0, 0.05) is 6.61 Å². The minimum Gasteiger partial charge on any atom is -0.493 e. The van der Waals surface area contributed by atoms with E-state index in [4.69, 9.17) is 67.1 Å². The lowest BCUT2D eigenvalue weighted by Crippen LogP contribution is -2.26. The molecule has 2 aromatic carbocycles. The summed E-state index contributed by atoms with van der Waals surface area (Å²) < 4.78 is 67.8. The molecule has 14 heteroatoms. The molecule has 298 valence electrons. The van der Waals surface area contributed by atoms with Crippen LogP contribution in [0.1, 0.15) is 24.0 Å². The van der Waals surface area contributed by atoms with Crippen LogP contribution >= 0.6 is 0 Å². The van der Waals surface area contributed by atoms with Gasteiger partial charge in [0.15, 0.2) is 23.0 Å². The van der Waals surface area contributed by atoms with Gasteiger partial charge in [-0.3, -0.25) is 0 Å². The van der Waals surface area contributed by atoms with E-state index < -0.39 is 0 Å². The highest BCUT2D eigenvalue weighted by atomic mass is 16.6. The predicted molar refractivity (Wildman–Crippen MR) is 195 cm³/mol. The molecule has 0 spiro atoms. The topological polar surface area (TPSA) is 151 Å². The lowest BCUT2D eigenvalue weighted by Gasteiger charge is -2.29. The minimum atomic E-state index is -0.0170. The van der Waals surface area contributed by atoms with Crippen molar-refractivity contribution >= 4 is 0 Å². The van der Waals surface area contributed by atoms with E-state index in [0.717, 1.165) is 24.0 Å². The average Bonchev–Trinajstić information content (AvgIpc) is 3.17. The Morgan fingerprint density at radius 1 is 0.423 bits per heavy atom. The van der Waals surface area contributed by atoms with E-state index in [0.29, 0.717) is 120 Å². The van der Waals surface area contributed by atoms with Gasteiger partial charge in [-0.1, -0.05) is 0 Å². The fourth-order valence-corrected chi connectivity index (χ4v) is 5.77. The first-order chi connectivity index (χ1) is 25.5. The second-order valence-electron chi connectivity index (χ2n) is 11.7. The Kier molecular flexibility index (Phi) is 24.6. The quantitative estimate of drug-likeness (QED) is 0.103. The molecule has 2 aromatic rings. The molecule has 0 saturated heterocycles. The summed E-state index contributed by atoms with van der Waals surface area (Å²) in [7, 11) is 9.63. The van der Waals surface area contributed by atoms with Gasteiger partial charge >= 0.3 is 0 Å². The van der Waals surface area contributed by atoms with Crippen LogP contribution in [0.2, 0.25) is 0 Å². The third-order valence-electron chi connectivity index (χ3n) is 8.27. The lowest BCUT2D eigenvalue weighted by atomic mass is 9.80. The summed E-state index contributed by atoms with van der Waals surface area (Å²) in [4.78, 5) is 0. The Morgan fingerprint density at radius 2 is 0.769 bits per heavy atom. The summed E-state index contributed by atoms with van der Waals surface area (Å²) in [6.45, 7) is 5.10. The molecule has 0 bridgehead atoms. The number of aliphatic hydroxyl groups excluding tert-OH is 2. The standard InChI is InChI=1S/C38H62O14/c1-41-33-24-29(25-34(42-2)37(33)45-5)22-31(8-7-11-47-14-17-50-18-15-48-12-9-39)32(28-52-21-20-51-19-16-49-13-10-40)23-30-26-35(43-3)38(46-6)36(27-30)44-4/h24-27,31-32,39-40H,7-23,28H2,1-6H3/t31-,32+/m1/s1. The number of rotatable bonds is 33. The van der Waals surface area contributed by atoms with Gasteiger partial charge in [-0.25, -0.2) is 0 Å². The first-order valence-corrected chi connectivity index (χ1v) is 17.8. The van der Waals surface area contributed by atoms with Crippen LogP contribution in [-0.4, -0.2) is 145 Å². The van der Waals surface area contributed by atoms with Crippen LogP contribution in [0.25, 0.3) is 0 Å². The number of hydrogen-bond acceptors (Lipinski definition) is 14. The maximum atomic E-state index is 8.89. The van der Waals surface area contributed by atoms with Crippen molar-refractivity contribution in [1.82, 2.24) is 0 Å². The Labute approximate surface area is 309 Å². The van der Waals surface area contributed by atoms with Gasteiger partial charge < -0.3 is 67.1 Å². The van der Waals surface area contributed by atoms with E-state index in [9.17, 15) is 0 Å². The SMILES string of the molecule is COc1cc(C[C@@H](CCCOCCOCCOCCO)[C@H](COCCOCCOCCO)Cc2cc(OC)c(OC)c(OC)c2)cc(OC)c1OC. The normalized spacial score (nSPS) is 12.4. The van der Waals surface area contributed by atoms with E-state index in [1.165, 1.54) is 0 Å². The van der Waals surface area contributed by atoms with Crippen LogP contribution in [-0.2, 0) is 41.3 Å². The van der Waals surface area contributed by atoms with Crippen LogP contribution in [0.4, 0.5) is 0 Å². The Hall–Kier alpha value is -3.08. The molecule has 0 heterocycles. The number of hydrogen-bond donors (Lipinski definition) is 2. The molecule has 0 unspecified atom stereocenters. The van der Waals surface area contributed by atoms with E-state index >= 15 is 0 Å². The molecule has 0 aliphatic carbocycles. The van der Waals surface area contributed by atoms with Gasteiger partial charge in [-0.05, 0) is 72.9 Å². The number of methoxy groups -OCH3 is 6. The fourth-order valence-electron chi connectivity index (χ4n) is 5.77. The highest BCUT2D eigenvalue weighted by Crippen LogP contribution is 2.41. The summed E-state index contributed by atoms with van der Waals surface area (Å²) in [5, 5.41) is 17.7. The Bertz CT molecular complexity index is 1150. The van der Waals surface area contributed by atoms with Gasteiger partial charge in [0.25, 0.3) is 0 Å². The molecule has 0 aliphatic heterocycles. The second-order valence-corrected chi connectivity index (χ2v) is 11.7. The van der Waals surface area contributed by atoms with Gasteiger partial charge in [-0.15, -0.1) is 0 Å². The van der Waals surface area contributed by atoms with Crippen molar-refractivity contribution in [3.05, 3.63) is 35.4 Å². The summed E-state index contributed by atoms with van der Waals surface area (Å²) in [6.07, 6.45) is 3.06. The fraction of sp³-hybridized carbons (Fsp3) is 0.684. The zero-order valence-electron chi connectivity index (χ0n) is 32.0. The van der Waals surface area contributed by atoms with Crippen LogP contribution in [0, 0.1) is 11.8 Å². The zero-order chi connectivity index (χ0) is 37.8. The van der Waals surface area contributed by atoms with Gasteiger partial charge in [-0.2, -0.15) is 0 Å². The molecule has 0 saturated carbocycles. The molecule has 0 amide bonds. The molecule has 0 fully saturated rings. The van der Waals surface area contributed by atoms with Gasteiger partial charge in [0.1, 0.15) is 0 Å². The van der Waals surface area contributed by atoms with Crippen LogP contribution in [0.15, 0.2) is 24.3 Å². The molecule has 0 radical (unpaired) electrons. The average molecular weight is 743 g/mol. The van der Waals surface area contributed by atoms with Crippen molar-refractivity contribution in [3.8, 4) is 34.5 Å². The summed E-state index contributed by atoms with van der Waals surface area (Å²) in [5.74, 6) is 3.66. The van der Waals surface area contributed by atoms with E-state index in [1.807, 2.05) is 24.3 Å². The first-order valence-electron chi connectivity index (χ1n) is 17.8. The molecule has 14 nitrogen and oxygen atoms in total. The van der Waals surface area contributed by atoms with E-state index in [2.05, 4.69) is 0 Å². The molecule has 0 aromatic heterocycles. The monoisotopic (exact) mass is 742 g/mol. The van der Waals surface area contributed by atoms with Crippen LogP contribution in [0.3, 0.4) is 0 Å². The Balaban J connectivity index is 2.28. The van der Waals surface area contributed by atoms with Crippen LogP contribution < -0.4 is 28.4 Å². The highest BCUT2D eigenvalue weighted by molar-refractivity contribution is 5.55. The molecule has 0 aliphatic rings. The van der Waals surface area contributed by atoms with E-state index in [1.54, 1.807) is 42.7 Å². The van der Waals surface area contributed by atoms with E-state index in [-0.39, 0.29) is 31.7 Å². The molecule has 2 atom stereocenters. The molecule has 2 N–H and O–H groups in total. The molecular formula is C38H62O14. The third kappa shape index (κ3) is 16.7. The Morgan fingerprint density at radius 3 is 1.13 bits per heavy atom. The second kappa shape index (κ2) is 28.4. The zero-order valence-corrected chi connectivity index (χ0v) is 32.0. The van der Waals surface area contributed by atoms with Crippen molar-refractivity contribution in [2.24, 2.45) is 11.8 Å². The summed E-state index contributed by atoms with van der Waals surface area (Å²) >= 11 is 0. The van der Waals surface area contributed by atoms with Crippen molar-refractivity contribution in [2.75, 3.05) is 135 Å². The summed E-state index contributed by atoms with van der Waals surface area (Å²) in [6, 6.07) is 7.96. The highest BCUT2D eigenvalue weighted by Gasteiger charge is 2.26. The van der Waals surface area contributed by atoms with Gasteiger partial charge in [0.05, 0.1) is 129 Å². The van der Waals surface area contributed by atoms with Crippen molar-refractivity contribution in [1.29, 1.82) is 0 Å². The van der Waals surface area contributed by atoms with Gasteiger partial charge in [0.2, 0.25) is 11.5 Å². The third-order valence-corrected chi connectivity index (χ3v) is 8.27.